The van der Waals surface area contributed by atoms with Crippen molar-refractivity contribution in [1.29, 1.82) is 0 Å². The zero-order chi connectivity index (χ0) is 19.1. The first-order valence-corrected chi connectivity index (χ1v) is 9.06. The number of aliphatic hydroxyl groups is 1. The molecule has 0 aromatic rings. The van der Waals surface area contributed by atoms with Gasteiger partial charge in [0.15, 0.2) is 17.3 Å². The van der Waals surface area contributed by atoms with Crippen LogP contribution in [-0.4, -0.2) is 22.5 Å². The van der Waals surface area contributed by atoms with Crippen LogP contribution in [0.4, 0.5) is 0 Å². The van der Waals surface area contributed by atoms with Gasteiger partial charge in [0, 0.05) is 5.92 Å². The molecule has 0 radical (unpaired) electrons. The Balaban J connectivity index is 2.31. The molecule has 4 nitrogen and oxygen atoms in total. The molecule has 1 spiro atoms. The molecule has 25 heavy (non-hydrogen) atoms. The third-order valence-electron chi connectivity index (χ3n) is 7.19. The number of rotatable bonds is 3. The molecule has 0 heterocycles. The Bertz CT molecular complexity index is 754. The van der Waals surface area contributed by atoms with E-state index in [-0.39, 0.29) is 40.1 Å². The zero-order valence-electron chi connectivity index (χ0n) is 16.0. The quantitative estimate of drug-likeness (QED) is 0.480. The van der Waals surface area contributed by atoms with Crippen LogP contribution in [-0.2, 0) is 14.4 Å². The number of hydrogen-bond donors (Lipinski definition) is 1. The summed E-state index contributed by atoms with van der Waals surface area (Å²) in [6.45, 7) is 15.3. The van der Waals surface area contributed by atoms with Crippen LogP contribution in [0.3, 0.4) is 0 Å². The predicted octanol–water partition coefficient (Wildman–Crippen LogP) is 3.81. The molecule has 0 amide bonds. The van der Waals surface area contributed by atoms with Gasteiger partial charge in [0.05, 0.1) is 10.8 Å². The number of carbonyl (C=O) groups excluding carboxylic acids is 3. The number of fused-ring (bicyclic) bond motifs is 1. The van der Waals surface area contributed by atoms with Gasteiger partial charge in [-0.05, 0) is 43.9 Å². The van der Waals surface area contributed by atoms with Crippen LogP contribution in [0.15, 0.2) is 23.5 Å². The fourth-order valence-corrected chi connectivity index (χ4v) is 5.78. The monoisotopic (exact) mass is 344 g/mol. The Kier molecular flexibility index (Phi) is 3.56. The number of aliphatic hydroxyl groups excluding tert-OH is 1. The highest BCUT2D eigenvalue weighted by molar-refractivity contribution is 6.32. The van der Waals surface area contributed by atoms with Gasteiger partial charge in [-0.3, -0.25) is 14.4 Å². The van der Waals surface area contributed by atoms with Crippen molar-refractivity contribution < 1.29 is 19.5 Å². The first kappa shape index (κ1) is 18.1. The van der Waals surface area contributed by atoms with Crippen LogP contribution >= 0.6 is 0 Å². The summed E-state index contributed by atoms with van der Waals surface area (Å²) in [6.07, 6.45) is 0.822. The summed E-state index contributed by atoms with van der Waals surface area (Å²) in [6, 6.07) is 0. The van der Waals surface area contributed by atoms with Gasteiger partial charge in [-0.1, -0.05) is 39.8 Å². The van der Waals surface area contributed by atoms with Crippen molar-refractivity contribution in [3.05, 3.63) is 23.5 Å². The molecule has 0 unspecified atom stereocenters. The van der Waals surface area contributed by atoms with E-state index in [2.05, 4.69) is 20.4 Å². The second-order valence-corrected chi connectivity index (χ2v) is 9.39. The number of allylic oxidation sites excluding steroid dienone is 3. The van der Waals surface area contributed by atoms with Crippen molar-refractivity contribution >= 4 is 17.3 Å². The molecule has 136 valence electrons. The Hall–Kier alpha value is -1.71. The van der Waals surface area contributed by atoms with Gasteiger partial charge in [0.25, 0.3) is 0 Å². The van der Waals surface area contributed by atoms with Gasteiger partial charge in [-0.25, -0.2) is 0 Å². The zero-order valence-corrected chi connectivity index (χ0v) is 16.0. The number of carbonyl (C=O) groups is 3. The average molecular weight is 344 g/mol. The predicted molar refractivity (Wildman–Crippen MR) is 94.9 cm³/mol. The fourth-order valence-electron chi connectivity index (χ4n) is 5.78. The Morgan fingerprint density at radius 1 is 1.20 bits per heavy atom. The molecule has 0 aliphatic heterocycles. The average Bonchev–Trinajstić information content (AvgIpc) is 2.85. The molecule has 4 atom stereocenters. The fraction of sp³-hybridized carbons (Fsp3) is 0.667. The third-order valence-corrected chi connectivity index (χ3v) is 7.19. The molecular formula is C21H28O4. The molecular weight excluding hydrogens is 316 g/mol. The van der Waals surface area contributed by atoms with Crippen LogP contribution in [0.2, 0.25) is 0 Å². The lowest BCUT2D eigenvalue weighted by Crippen LogP contribution is -2.48. The highest BCUT2D eigenvalue weighted by Gasteiger charge is 2.76. The van der Waals surface area contributed by atoms with Crippen molar-refractivity contribution in [2.45, 2.75) is 54.4 Å². The van der Waals surface area contributed by atoms with Gasteiger partial charge in [-0.15, -0.1) is 0 Å². The van der Waals surface area contributed by atoms with E-state index in [1.54, 1.807) is 20.8 Å². The van der Waals surface area contributed by atoms with E-state index in [4.69, 9.17) is 0 Å². The smallest absolute Gasteiger partial charge is 0.183 e. The van der Waals surface area contributed by atoms with Gasteiger partial charge in [0.1, 0.15) is 11.3 Å². The van der Waals surface area contributed by atoms with Gasteiger partial charge in [-0.2, -0.15) is 0 Å². The Labute approximate surface area is 149 Å². The second-order valence-electron chi connectivity index (χ2n) is 9.39. The molecule has 3 rings (SSSR count). The second kappa shape index (κ2) is 4.93. The highest BCUT2D eigenvalue weighted by Crippen LogP contribution is 2.72. The first-order chi connectivity index (χ1) is 11.3. The van der Waals surface area contributed by atoms with Crippen LogP contribution in [0.5, 0.6) is 0 Å². The normalized spacial score (nSPS) is 39.2. The van der Waals surface area contributed by atoms with Crippen LogP contribution in [0, 0.1) is 34.0 Å². The van der Waals surface area contributed by atoms with Crippen molar-refractivity contribution in [2.75, 3.05) is 0 Å². The molecule has 1 N–H and O–H groups in total. The minimum absolute atomic E-state index is 0.0664. The van der Waals surface area contributed by atoms with Crippen LogP contribution in [0.25, 0.3) is 0 Å². The molecule has 0 aromatic carbocycles. The van der Waals surface area contributed by atoms with Gasteiger partial charge >= 0.3 is 0 Å². The summed E-state index contributed by atoms with van der Waals surface area (Å²) in [4.78, 5) is 39.1. The van der Waals surface area contributed by atoms with E-state index >= 15 is 0 Å². The van der Waals surface area contributed by atoms with Crippen LogP contribution in [0.1, 0.15) is 54.4 Å². The SMILES string of the molecule is C=C(C)[C@@H]1C[C@]23C(=O)[C@](C)(C[C@@H]2C1(C)C)C(=O)C(C(=O)C(C)C)=C3O. The lowest BCUT2D eigenvalue weighted by atomic mass is 9.65. The van der Waals surface area contributed by atoms with E-state index in [0.29, 0.717) is 12.8 Å². The summed E-state index contributed by atoms with van der Waals surface area (Å²) in [5.41, 5.74) is -1.74. The maximum absolute atomic E-state index is 13.4. The number of ketones is 3. The minimum atomic E-state index is -1.20. The lowest BCUT2D eigenvalue weighted by Gasteiger charge is -2.36. The van der Waals surface area contributed by atoms with E-state index in [0.717, 1.165) is 5.57 Å². The Morgan fingerprint density at radius 2 is 1.76 bits per heavy atom. The standard InChI is InChI=1S/C21H28O4/c1-10(2)12-8-21-13(19(12,5)6)9-20(7,18(21)25)16(23)14(17(21)24)15(22)11(3)4/h11-13,24H,1,8-9H2,2-7H3/t12-,13+,20+,21-/m0/s1. The van der Waals surface area contributed by atoms with E-state index < -0.39 is 22.5 Å². The van der Waals surface area contributed by atoms with Crippen molar-refractivity contribution in [3.8, 4) is 0 Å². The van der Waals surface area contributed by atoms with Crippen LogP contribution < -0.4 is 0 Å². The molecule has 0 saturated heterocycles. The molecule has 4 heteroatoms. The number of hydrogen-bond acceptors (Lipinski definition) is 4. The maximum atomic E-state index is 13.4. The molecule has 2 bridgehead atoms. The summed E-state index contributed by atoms with van der Waals surface area (Å²) < 4.78 is 0. The summed E-state index contributed by atoms with van der Waals surface area (Å²) >= 11 is 0. The minimum Gasteiger partial charge on any atom is -0.510 e. The van der Waals surface area contributed by atoms with E-state index in [1.165, 1.54) is 0 Å². The summed E-state index contributed by atoms with van der Waals surface area (Å²) in [7, 11) is 0. The molecule has 2 saturated carbocycles. The third kappa shape index (κ3) is 1.86. The lowest BCUT2D eigenvalue weighted by molar-refractivity contribution is -0.143. The molecule has 3 aliphatic carbocycles. The number of Topliss-reactive ketones (excluding diaryl/α,β-unsaturated/α-hetero) is 3. The van der Waals surface area contributed by atoms with E-state index in [1.807, 2.05) is 6.92 Å². The summed E-state index contributed by atoms with van der Waals surface area (Å²) in [5.74, 6) is -1.83. The highest BCUT2D eigenvalue weighted by atomic mass is 16.3. The van der Waals surface area contributed by atoms with E-state index in [9.17, 15) is 19.5 Å². The van der Waals surface area contributed by atoms with Crippen molar-refractivity contribution in [3.63, 3.8) is 0 Å². The first-order valence-electron chi connectivity index (χ1n) is 9.06. The summed E-state index contributed by atoms with van der Waals surface area (Å²) in [5, 5.41) is 11.1. The molecule has 2 fully saturated rings. The van der Waals surface area contributed by atoms with Crippen molar-refractivity contribution in [1.82, 2.24) is 0 Å². The topological polar surface area (TPSA) is 71.4 Å². The largest absolute Gasteiger partial charge is 0.510 e. The van der Waals surface area contributed by atoms with Crippen molar-refractivity contribution in [2.24, 2.45) is 34.0 Å². The van der Waals surface area contributed by atoms with Gasteiger partial charge < -0.3 is 5.11 Å². The maximum Gasteiger partial charge on any atom is 0.183 e. The Morgan fingerprint density at radius 3 is 2.24 bits per heavy atom. The molecule has 0 aromatic heterocycles. The molecule has 3 aliphatic rings. The van der Waals surface area contributed by atoms with Gasteiger partial charge in [0.2, 0.25) is 0 Å².